The monoisotopic (exact) mass is 636 g/mol. The molecule has 4 heterocycles. The SMILES string of the molecule is Cc1nc2nc(C(=O)O)cc(C(C3=C(C(=O)OC(c4ccccc4)c4ccccc4)N4C(=O)C(N)C4SC3)S(=O)(=O)O)n2n1. The van der Waals surface area contributed by atoms with Gasteiger partial charge in [0.2, 0.25) is 5.91 Å². The van der Waals surface area contributed by atoms with Crippen molar-refractivity contribution < 1.29 is 37.2 Å². The Labute approximate surface area is 254 Å². The minimum absolute atomic E-state index is 0.138. The van der Waals surface area contributed by atoms with Crippen molar-refractivity contribution in [3.63, 3.8) is 0 Å². The zero-order valence-electron chi connectivity index (χ0n) is 22.8. The number of thioether (sulfide) groups is 1. The van der Waals surface area contributed by atoms with E-state index in [9.17, 15) is 32.5 Å². The van der Waals surface area contributed by atoms with Crippen LogP contribution in [0.1, 0.15) is 44.5 Å². The number of rotatable bonds is 8. The van der Waals surface area contributed by atoms with Crippen LogP contribution >= 0.6 is 11.8 Å². The number of carboxylic acids is 1. The molecule has 2 aliphatic rings. The fraction of sp³-hybridized carbons (Fsp3) is 0.214. The predicted octanol–water partition coefficient (Wildman–Crippen LogP) is 1.89. The first-order valence-electron chi connectivity index (χ1n) is 13.1. The van der Waals surface area contributed by atoms with E-state index in [4.69, 9.17) is 10.5 Å². The Morgan fingerprint density at radius 2 is 1.68 bits per heavy atom. The van der Waals surface area contributed by atoms with Gasteiger partial charge in [-0.15, -0.1) is 16.9 Å². The van der Waals surface area contributed by atoms with E-state index in [0.29, 0.717) is 11.1 Å². The van der Waals surface area contributed by atoms with E-state index in [1.54, 1.807) is 60.7 Å². The van der Waals surface area contributed by atoms with Crippen LogP contribution < -0.4 is 5.73 Å². The molecule has 1 saturated heterocycles. The number of ether oxygens (including phenoxy) is 1. The van der Waals surface area contributed by atoms with Crippen LogP contribution in [-0.4, -0.2) is 77.6 Å². The lowest BCUT2D eigenvalue weighted by Crippen LogP contribution is -2.68. The van der Waals surface area contributed by atoms with Gasteiger partial charge in [-0.25, -0.2) is 14.6 Å². The number of carbonyl (C=O) groups is 3. The molecule has 0 radical (unpaired) electrons. The molecule has 3 atom stereocenters. The second-order valence-electron chi connectivity index (χ2n) is 10.1. The lowest BCUT2D eigenvalue weighted by atomic mass is 9.99. The quantitative estimate of drug-likeness (QED) is 0.144. The third-order valence-corrected chi connectivity index (χ3v) is 9.65. The Morgan fingerprint density at radius 1 is 1.07 bits per heavy atom. The Morgan fingerprint density at radius 3 is 2.25 bits per heavy atom. The van der Waals surface area contributed by atoms with Gasteiger partial charge >= 0.3 is 11.9 Å². The molecule has 0 bridgehead atoms. The topological polar surface area (TPSA) is 207 Å². The third kappa shape index (κ3) is 5.11. The van der Waals surface area contributed by atoms with Crippen LogP contribution in [-0.2, 0) is 24.4 Å². The first kappa shape index (κ1) is 29.4. The maximum atomic E-state index is 14.2. The maximum absolute atomic E-state index is 14.2. The molecule has 0 aliphatic carbocycles. The van der Waals surface area contributed by atoms with Crippen LogP contribution in [0.4, 0.5) is 0 Å². The number of benzene rings is 2. The number of hydrogen-bond acceptors (Lipinski definition) is 11. The molecule has 14 nitrogen and oxygen atoms in total. The lowest BCUT2D eigenvalue weighted by Gasteiger charge is -2.49. The Balaban J connectivity index is 1.56. The second-order valence-corrected chi connectivity index (χ2v) is 12.7. The van der Waals surface area contributed by atoms with E-state index in [0.717, 1.165) is 27.2 Å². The van der Waals surface area contributed by atoms with Crippen molar-refractivity contribution in [3.05, 3.63) is 106 Å². The van der Waals surface area contributed by atoms with Crippen molar-refractivity contribution >= 4 is 45.5 Å². The molecule has 2 aromatic heterocycles. The normalized spacial score (nSPS) is 19.1. The van der Waals surface area contributed by atoms with Crippen molar-refractivity contribution in [3.8, 4) is 0 Å². The summed E-state index contributed by atoms with van der Waals surface area (Å²) >= 11 is 1.09. The molecule has 2 aromatic carbocycles. The minimum Gasteiger partial charge on any atom is -0.477 e. The zero-order valence-corrected chi connectivity index (χ0v) is 24.5. The summed E-state index contributed by atoms with van der Waals surface area (Å²) in [6.45, 7) is 1.48. The number of carboxylic acid groups (broad SMARTS) is 1. The Hall–Kier alpha value is -4.64. The van der Waals surface area contributed by atoms with Gasteiger partial charge < -0.3 is 15.6 Å². The number of esters is 1. The molecular weight excluding hydrogens is 612 g/mol. The molecule has 0 saturated carbocycles. The van der Waals surface area contributed by atoms with Gasteiger partial charge in [0.25, 0.3) is 15.9 Å². The van der Waals surface area contributed by atoms with Crippen LogP contribution in [0, 0.1) is 6.92 Å². The molecule has 1 fully saturated rings. The Kier molecular flexibility index (Phi) is 7.44. The molecule has 1 amide bonds. The number of hydrogen-bond donors (Lipinski definition) is 3. The van der Waals surface area contributed by atoms with Crippen LogP contribution in [0.25, 0.3) is 5.78 Å². The van der Waals surface area contributed by atoms with Gasteiger partial charge in [-0.2, -0.15) is 17.9 Å². The van der Waals surface area contributed by atoms with E-state index in [1.165, 1.54) is 6.92 Å². The molecule has 6 rings (SSSR count). The van der Waals surface area contributed by atoms with Crippen molar-refractivity contribution in [2.45, 2.75) is 29.7 Å². The van der Waals surface area contributed by atoms with Crippen molar-refractivity contribution in [1.29, 1.82) is 0 Å². The summed E-state index contributed by atoms with van der Waals surface area (Å²) in [4.78, 5) is 48.2. The number of fused-ring (bicyclic) bond motifs is 2. The first-order valence-corrected chi connectivity index (χ1v) is 15.7. The number of amides is 1. The highest BCUT2D eigenvalue weighted by Gasteiger charge is 2.54. The molecule has 44 heavy (non-hydrogen) atoms. The standard InChI is InChI=1S/C28H24N6O8S2/c1-14-30-28-31-18(26(36)37)12-19(34(28)32-14)23(44(39,40)41)17-13-43-25-20(29)24(35)33(25)21(17)27(38)42-22(15-8-4-2-5-9-15)16-10-6-3-7-11-16/h2-12,20,22-23,25H,13,29H2,1H3,(H,36,37)(H,39,40,41). The Bertz CT molecular complexity index is 1910. The fourth-order valence-corrected chi connectivity index (χ4v) is 7.74. The molecule has 0 spiro atoms. The van der Waals surface area contributed by atoms with E-state index in [-0.39, 0.29) is 28.6 Å². The molecule has 16 heteroatoms. The van der Waals surface area contributed by atoms with E-state index < -0.39 is 62.1 Å². The summed E-state index contributed by atoms with van der Waals surface area (Å²) in [5, 5.41) is 11.1. The van der Waals surface area contributed by atoms with Gasteiger partial charge in [0, 0.05) is 5.75 Å². The van der Waals surface area contributed by atoms with Crippen molar-refractivity contribution in [1.82, 2.24) is 24.5 Å². The number of nitrogens with zero attached hydrogens (tertiary/aromatic N) is 5. The number of aromatic nitrogens is 4. The van der Waals surface area contributed by atoms with Gasteiger partial charge in [-0.3, -0.25) is 14.2 Å². The van der Waals surface area contributed by atoms with Gasteiger partial charge in [0.1, 0.15) is 22.9 Å². The van der Waals surface area contributed by atoms with Gasteiger partial charge in [-0.05, 0) is 29.7 Å². The summed E-state index contributed by atoms with van der Waals surface area (Å²) in [6, 6.07) is 17.6. The first-order chi connectivity index (χ1) is 21.0. The molecule has 2 aliphatic heterocycles. The molecule has 3 unspecified atom stereocenters. The fourth-order valence-electron chi connectivity index (χ4n) is 5.27. The number of β-lactam (4-membered cyclic amide) rings is 1. The van der Waals surface area contributed by atoms with E-state index >= 15 is 0 Å². The van der Waals surface area contributed by atoms with Crippen molar-refractivity contribution in [2.75, 3.05) is 5.75 Å². The van der Waals surface area contributed by atoms with Crippen molar-refractivity contribution in [2.24, 2.45) is 5.73 Å². The number of carbonyl (C=O) groups excluding carboxylic acids is 2. The highest BCUT2D eigenvalue weighted by Crippen LogP contribution is 2.46. The van der Waals surface area contributed by atoms with E-state index in [1.807, 2.05) is 0 Å². The van der Waals surface area contributed by atoms with Crippen LogP contribution in [0.3, 0.4) is 0 Å². The molecule has 4 N–H and O–H groups in total. The van der Waals surface area contributed by atoms with Crippen LogP contribution in [0.15, 0.2) is 78.0 Å². The summed E-state index contributed by atoms with van der Waals surface area (Å²) in [5.74, 6) is -3.48. The summed E-state index contributed by atoms with van der Waals surface area (Å²) in [5.41, 5.74) is 5.66. The number of nitrogens with two attached hydrogens (primary N) is 1. The average Bonchev–Trinajstić information content (AvgIpc) is 3.39. The predicted molar refractivity (Wildman–Crippen MR) is 156 cm³/mol. The molecule has 226 valence electrons. The highest BCUT2D eigenvalue weighted by atomic mass is 32.2. The largest absolute Gasteiger partial charge is 0.477 e. The third-order valence-electron chi connectivity index (χ3n) is 7.21. The lowest BCUT2D eigenvalue weighted by molar-refractivity contribution is -0.153. The van der Waals surface area contributed by atoms with Gasteiger partial charge in [0.15, 0.2) is 17.0 Å². The van der Waals surface area contributed by atoms with E-state index in [2.05, 4.69) is 15.1 Å². The highest BCUT2D eigenvalue weighted by molar-refractivity contribution is 8.00. The summed E-state index contributed by atoms with van der Waals surface area (Å²) < 4.78 is 43.9. The zero-order chi connectivity index (χ0) is 31.3. The number of aromatic carboxylic acids is 1. The molecular formula is C28H24N6O8S2. The van der Waals surface area contributed by atoms with Gasteiger partial charge in [0.05, 0.1) is 5.69 Å². The molecule has 4 aromatic rings. The van der Waals surface area contributed by atoms with Gasteiger partial charge in [-0.1, -0.05) is 60.7 Å². The van der Waals surface area contributed by atoms with Crippen LogP contribution in [0.2, 0.25) is 0 Å². The average molecular weight is 637 g/mol. The maximum Gasteiger partial charge on any atom is 0.356 e. The second kappa shape index (κ2) is 11.1. The number of aryl methyl sites for hydroxylation is 1. The minimum atomic E-state index is -5.15. The van der Waals surface area contributed by atoms with Crippen LogP contribution in [0.5, 0.6) is 0 Å². The summed E-state index contributed by atoms with van der Waals surface area (Å²) in [6.07, 6.45) is -0.954. The smallest absolute Gasteiger partial charge is 0.356 e. The summed E-state index contributed by atoms with van der Waals surface area (Å²) in [7, 11) is -5.15.